The smallest absolute Gasteiger partial charge is 0.0942 e. The van der Waals surface area contributed by atoms with Crippen molar-refractivity contribution in [1.82, 2.24) is 4.98 Å². The second-order valence-electron chi connectivity index (χ2n) is 3.90. The lowest BCUT2D eigenvalue weighted by Crippen LogP contribution is -2.27. The molecule has 3 heteroatoms. The molecular weight excluding hydrogens is 218 g/mol. The number of aliphatic hydroxyl groups is 1. The maximum Gasteiger partial charge on any atom is 0.0942 e. The van der Waals surface area contributed by atoms with E-state index in [1.807, 2.05) is 43.5 Å². The number of hydrogen-bond donors (Lipinski definition) is 1. The molecule has 0 aliphatic carbocycles. The average molecular weight is 233 g/mol. The summed E-state index contributed by atoms with van der Waals surface area (Å²) < 4.78 is 0. The summed E-state index contributed by atoms with van der Waals surface area (Å²) in [7, 11) is 0. The highest BCUT2D eigenvalue weighted by Gasteiger charge is 2.27. The van der Waals surface area contributed by atoms with Gasteiger partial charge in [0.1, 0.15) is 0 Å². The molecule has 0 saturated heterocycles. The molecule has 0 amide bonds. The monoisotopic (exact) mass is 233 g/mol. The Morgan fingerprint density at radius 1 is 1.31 bits per heavy atom. The largest absolute Gasteiger partial charge is 0.385 e. The Balaban J connectivity index is 2.26. The van der Waals surface area contributed by atoms with E-state index in [1.165, 1.54) is 0 Å². The van der Waals surface area contributed by atoms with Crippen LogP contribution in [0.25, 0.3) is 0 Å². The highest BCUT2D eigenvalue weighted by Crippen LogP contribution is 2.29. The Labute approximate surface area is 99.6 Å². The number of aromatic nitrogens is 1. The van der Waals surface area contributed by atoms with Crippen LogP contribution in [-0.2, 0) is 12.0 Å². The first kappa shape index (κ1) is 11.3. The van der Waals surface area contributed by atoms with Crippen molar-refractivity contribution < 1.29 is 5.11 Å². The van der Waals surface area contributed by atoms with E-state index in [2.05, 4.69) is 4.98 Å². The van der Waals surface area contributed by atoms with Crippen molar-refractivity contribution in [3.8, 4) is 0 Å². The number of rotatable bonds is 4. The van der Waals surface area contributed by atoms with Gasteiger partial charge in [-0.3, -0.25) is 4.98 Å². The molecule has 0 saturated carbocycles. The zero-order chi connectivity index (χ0) is 11.4. The number of nitrogens with zero attached hydrogens (tertiary/aromatic N) is 1. The molecule has 2 aromatic rings. The van der Waals surface area contributed by atoms with Crippen LogP contribution < -0.4 is 0 Å². The van der Waals surface area contributed by atoms with Gasteiger partial charge in [-0.1, -0.05) is 37.3 Å². The summed E-state index contributed by atoms with van der Waals surface area (Å²) in [6, 6.07) is 9.84. The van der Waals surface area contributed by atoms with Crippen LogP contribution >= 0.6 is 11.3 Å². The fourth-order valence-electron chi connectivity index (χ4n) is 1.80. The molecule has 0 aliphatic heterocycles. The SMILES string of the molecule is CCC(O)(Cc1cncs1)c1ccccc1. The van der Waals surface area contributed by atoms with Gasteiger partial charge in [0.2, 0.25) is 0 Å². The Morgan fingerprint density at radius 3 is 2.62 bits per heavy atom. The van der Waals surface area contributed by atoms with Crippen LogP contribution in [0.2, 0.25) is 0 Å². The molecule has 1 aromatic carbocycles. The summed E-state index contributed by atoms with van der Waals surface area (Å²) in [6.07, 6.45) is 3.17. The van der Waals surface area contributed by atoms with Gasteiger partial charge in [-0.15, -0.1) is 11.3 Å². The summed E-state index contributed by atoms with van der Waals surface area (Å²) >= 11 is 1.59. The highest BCUT2D eigenvalue weighted by atomic mass is 32.1. The van der Waals surface area contributed by atoms with E-state index in [9.17, 15) is 5.11 Å². The average Bonchev–Trinajstić information content (AvgIpc) is 2.83. The van der Waals surface area contributed by atoms with E-state index in [0.29, 0.717) is 12.8 Å². The maximum atomic E-state index is 10.6. The number of hydrogen-bond acceptors (Lipinski definition) is 3. The fourth-order valence-corrected chi connectivity index (χ4v) is 2.50. The van der Waals surface area contributed by atoms with E-state index < -0.39 is 5.60 Å². The molecule has 1 N–H and O–H groups in total. The Morgan fingerprint density at radius 2 is 2.06 bits per heavy atom. The van der Waals surface area contributed by atoms with Gasteiger partial charge < -0.3 is 5.11 Å². The molecule has 1 unspecified atom stereocenters. The Hall–Kier alpha value is -1.19. The van der Waals surface area contributed by atoms with Gasteiger partial charge in [0.05, 0.1) is 11.1 Å². The lowest BCUT2D eigenvalue weighted by atomic mass is 9.87. The minimum atomic E-state index is -0.770. The van der Waals surface area contributed by atoms with Crippen LogP contribution in [0.5, 0.6) is 0 Å². The second kappa shape index (κ2) is 4.76. The standard InChI is InChI=1S/C13H15NOS/c1-2-13(15,8-12-9-14-10-16-12)11-6-4-3-5-7-11/h3-7,9-10,15H,2,8H2,1H3. The highest BCUT2D eigenvalue weighted by molar-refractivity contribution is 7.09. The predicted octanol–water partition coefficient (Wildman–Crippen LogP) is 2.98. The molecule has 0 aliphatic rings. The van der Waals surface area contributed by atoms with E-state index in [-0.39, 0.29) is 0 Å². The topological polar surface area (TPSA) is 33.1 Å². The normalized spacial score (nSPS) is 14.6. The van der Waals surface area contributed by atoms with E-state index in [0.717, 1.165) is 10.4 Å². The predicted molar refractivity (Wildman–Crippen MR) is 66.4 cm³/mol. The van der Waals surface area contributed by atoms with E-state index >= 15 is 0 Å². The van der Waals surface area contributed by atoms with Crippen LogP contribution in [0.3, 0.4) is 0 Å². The fraction of sp³-hybridized carbons (Fsp3) is 0.308. The quantitative estimate of drug-likeness (QED) is 0.880. The van der Waals surface area contributed by atoms with Gasteiger partial charge in [0, 0.05) is 17.5 Å². The molecule has 2 nitrogen and oxygen atoms in total. The van der Waals surface area contributed by atoms with Crippen LogP contribution in [-0.4, -0.2) is 10.1 Å². The molecule has 1 atom stereocenters. The van der Waals surface area contributed by atoms with Crippen molar-refractivity contribution in [3.05, 3.63) is 52.5 Å². The van der Waals surface area contributed by atoms with E-state index in [4.69, 9.17) is 0 Å². The molecule has 0 radical (unpaired) electrons. The molecule has 0 bridgehead atoms. The molecule has 0 fully saturated rings. The number of thiazole rings is 1. The molecule has 1 heterocycles. The zero-order valence-electron chi connectivity index (χ0n) is 9.26. The van der Waals surface area contributed by atoms with Gasteiger partial charge in [-0.2, -0.15) is 0 Å². The molecule has 0 spiro atoms. The zero-order valence-corrected chi connectivity index (χ0v) is 10.1. The Kier molecular flexibility index (Phi) is 3.36. The van der Waals surface area contributed by atoms with Crippen LogP contribution in [0.15, 0.2) is 42.0 Å². The molecule has 16 heavy (non-hydrogen) atoms. The van der Waals surface area contributed by atoms with Crippen LogP contribution in [0.1, 0.15) is 23.8 Å². The van der Waals surface area contributed by atoms with Gasteiger partial charge in [0.25, 0.3) is 0 Å². The molecule has 2 rings (SSSR count). The van der Waals surface area contributed by atoms with Crippen molar-refractivity contribution in [2.75, 3.05) is 0 Å². The lowest BCUT2D eigenvalue weighted by molar-refractivity contribution is 0.0335. The minimum absolute atomic E-state index is 0.637. The minimum Gasteiger partial charge on any atom is -0.385 e. The van der Waals surface area contributed by atoms with Crippen LogP contribution in [0, 0.1) is 0 Å². The first-order valence-corrected chi connectivity index (χ1v) is 6.28. The molecule has 84 valence electrons. The van der Waals surface area contributed by atoms with Gasteiger partial charge in [-0.05, 0) is 12.0 Å². The van der Waals surface area contributed by atoms with Crippen molar-refractivity contribution in [2.24, 2.45) is 0 Å². The third-order valence-corrected chi connectivity index (χ3v) is 3.63. The maximum absolute atomic E-state index is 10.6. The first-order valence-electron chi connectivity index (χ1n) is 5.40. The van der Waals surface area contributed by atoms with Gasteiger partial charge in [-0.25, -0.2) is 0 Å². The Bertz CT molecular complexity index is 426. The third-order valence-electron chi connectivity index (χ3n) is 2.85. The first-order chi connectivity index (χ1) is 7.74. The summed E-state index contributed by atoms with van der Waals surface area (Å²) in [5, 5.41) is 10.6. The summed E-state index contributed by atoms with van der Waals surface area (Å²) in [4.78, 5) is 5.16. The second-order valence-corrected chi connectivity index (χ2v) is 4.87. The van der Waals surface area contributed by atoms with Crippen molar-refractivity contribution in [1.29, 1.82) is 0 Å². The summed E-state index contributed by atoms with van der Waals surface area (Å²) in [5.41, 5.74) is 2.01. The lowest BCUT2D eigenvalue weighted by Gasteiger charge is -2.26. The third kappa shape index (κ3) is 2.31. The molecule has 1 aromatic heterocycles. The van der Waals surface area contributed by atoms with E-state index in [1.54, 1.807) is 16.8 Å². The van der Waals surface area contributed by atoms with Crippen molar-refractivity contribution >= 4 is 11.3 Å². The van der Waals surface area contributed by atoms with Crippen molar-refractivity contribution in [2.45, 2.75) is 25.4 Å². The number of benzene rings is 1. The van der Waals surface area contributed by atoms with Crippen molar-refractivity contribution in [3.63, 3.8) is 0 Å². The van der Waals surface area contributed by atoms with Gasteiger partial charge >= 0.3 is 0 Å². The summed E-state index contributed by atoms with van der Waals surface area (Å²) in [5.74, 6) is 0. The van der Waals surface area contributed by atoms with Gasteiger partial charge in [0.15, 0.2) is 0 Å². The van der Waals surface area contributed by atoms with Crippen LogP contribution in [0.4, 0.5) is 0 Å². The summed E-state index contributed by atoms with van der Waals surface area (Å²) in [6.45, 7) is 2.01. The molecular formula is C13H15NOS.